The predicted octanol–water partition coefficient (Wildman–Crippen LogP) is 4.76. The highest BCUT2D eigenvalue weighted by Crippen LogP contribution is 2.36. The average Bonchev–Trinajstić information content (AvgIpc) is 3.29. The number of halogens is 1. The molecule has 176 valence electrons. The highest BCUT2D eigenvalue weighted by atomic mass is 35.5. The largest absolute Gasteiger partial charge is 0.384 e. The summed E-state index contributed by atoms with van der Waals surface area (Å²) >= 11 is 6.58. The van der Waals surface area contributed by atoms with E-state index in [1.807, 2.05) is 43.4 Å². The molecule has 3 heterocycles. The number of aromatic nitrogens is 4. The van der Waals surface area contributed by atoms with Gasteiger partial charge in [-0.3, -0.25) is 4.68 Å². The number of fused-ring (bicyclic) bond motifs is 2. The first-order valence-electron chi connectivity index (χ1n) is 11.6. The second-order valence-corrected chi connectivity index (χ2v) is 9.12. The quantitative estimate of drug-likeness (QED) is 0.395. The predicted molar refractivity (Wildman–Crippen MR) is 138 cm³/mol. The lowest BCUT2D eigenvalue weighted by molar-refractivity contribution is 0.122. The van der Waals surface area contributed by atoms with Crippen molar-refractivity contribution < 1.29 is 9.84 Å². The van der Waals surface area contributed by atoms with Crippen LogP contribution in [0.5, 0.6) is 0 Å². The summed E-state index contributed by atoms with van der Waals surface area (Å²) in [5.41, 5.74) is 6.00. The minimum absolute atomic E-state index is 0.495. The molecule has 1 aliphatic heterocycles. The molecule has 6 rings (SSSR count). The molecule has 1 fully saturated rings. The van der Waals surface area contributed by atoms with Gasteiger partial charge in [-0.2, -0.15) is 5.10 Å². The molecule has 2 aromatic heterocycles. The SMILES string of the molecule is Cn1ncc2c(C(O)c3cc(-c4ncnc5cc(N6CCOCC6)ccc45)ccc3Cl)cccc21. The lowest BCUT2D eigenvalue weighted by atomic mass is 9.95. The zero-order chi connectivity index (χ0) is 23.9. The number of aryl methyl sites for hydroxylation is 1. The van der Waals surface area contributed by atoms with E-state index in [9.17, 15) is 5.11 Å². The first-order chi connectivity index (χ1) is 17.1. The van der Waals surface area contributed by atoms with E-state index in [-0.39, 0.29) is 0 Å². The number of aliphatic hydroxyl groups excluding tert-OH is 1. The van der Waals surface area contributed by atoms with Gasteiger partial charge < -0.3 is 14.7 Å². The van der Waals surface area contributed by atoms with Gasteiger partial charge in [0.25, 0.3) is 0 Å². The molecule has 35 heavy (non-hydrogen) atoms. The fourth-order valence-electron chi connectivity index (χ4n) is 4.80. The van der Waals surface area contributed by atoms with Crippen LogP contribution >= 0.6 is 11.6 Å². The van der Waals surface area contributed by atoms with E-state index in [0.717, 1.165) is 70.6 Å². The summed E-state index contributed by atoms with van der Waals surface area (Å²) in [5.74, 6) is 0. The molecule has 8 heteroatoms. The van der Waals surface area contributed by atoms with Gasteiger partial charge in [-0.05, 0) is 42.0 Å². The van der Waals surface area contributed by atoms with Crippen LogP contribution < -0.4 is 4.90 Å². The maximum absolute atomic E-state index is 11.4. The van der Waals surface area contributed by atoms with Gasteiger partial charge in [-0.1, -0.05) is 29.8 Å². The number of morpholine rings is 1. The Kier molecular flexibility index (Phi) is 5.60. The van der Waals surface area contributed by atoms with Gasteiger partial charge in [0.05, 0.1) is 36.1 Å². The Morgan fingerprint density at radius 2 is 1.83 bits per heavy atom. The van der Waals surface area contributed by atoms with Crippen molar-refractivity contribution in [3.8, 4) is 11.3 Å². The molecular formula is C27H24ClN5O2. The smallest absolute Gasteiger partial charge is 0.116 e. The van der Waals surface area contributed by atoms with Gasteiger partial charge in [0.2, 0.25) is 0 Å². The molecule has 0 bridgehead atoms. The molecule has 1 unspecified atom stereocenters. The number of aliphatic hydroxyl groups is 1. The van der Waals surface area contributed by atoms with Crippen molar-refractivity contribution in [3.05, 3.63) is 83.3 Å². The first kappa shape index (κ1) is 22.0. The number of hydrogen-bond donors (Lipinski definition) is 1. The molecule has 1 aliphatic rings. The Hall–Kier alpha value is -3.52. The van der Waals surface area contributed by atoms with Crippen molar-refractivity contribution in [2.45, 2.75) is 6.10 Å². The minimum Gasteiger partial charge on any atom is -0.384 e. The topological polar surface area (TPSA) is 76.3 Å². The van der Waals surface area contributed by atoms with Crippen molar-refractivity contribution in [2.24, 2.45) is 7.05 Å². The van der Waals surface area contributed by atoms with Crippen LogP contribution in [0.4, 0.5) is 5.69 Å². The number of nitrogens with zero attached hydrogens (tertiary/aromatic N) is 5. The van der Waals surface area contributed by atoms with Crippen LogP contribution in [0.25, 0.3) is 33.1 Å². The first-order valence-corrected chi connectivity index (χ1v) is 11.9. The second kappa shape index (κ2) is 8.92. The van der Waals surface area contributed by atoms with Crippen molar-refractivity contribution >= 4 is 39.1 Å². The molecule has 1 atom stereocenters. The summed E-state index contributed by atoms with van der Waals surface area (Å²) < 4.78 is 7.27. The highest BCUT2D eigenvalue weighted by Gasteiger charge is 2.20. The van der Waals surface area contributed by atoms with E-state index in [2.05, 4.69) is 38.2 Å². The number of rotatable bonds is 4. The average molecular weight is 486 g/mol. The van der Waals surface area contributed by atoms with Crippen LogP contribution in [-0.4, -0.2) is 51.2 Å². The van der Waals surface area contributed by atoms with E-state index in [1.54, 1.807) is 17.2 Å². The number of ether oxygens (including phenoxy) is 1. The van der Waals surface area contributed by atoms with E-state index in [0.29, 0.717) is 10.6 Å². The van der Waals surface area contributed by atoms with Crippen LogP contribution in [0.1, 0.15) is 17.2 Å². The minimum atomic E-state index is -0.906. The molecule has 0 radical (unpaired) electrons. The number of benzene rings is 3. The van der Waals surface area contributed by atoms with Gasteiger partial charge in [0.1, 0.15) is 12.4 Å². The van der Waals surface area contributed by atoms with Gasteiger partial charge >= 0.3 is 0 Å². The normalized spacial score (nSPS) is 15.1. The van der Waals surface area contributed by atoms with E-state index in [4.69, 9.17) is 16.3 Å². The maximum atomic E-state index is 11.4. The fourth-order valence-corrected chi connectivity index (χ4v) is 5.02. The summed E-state index contributed by atoms with van der Waals surface area (Å²) in [7, 11) is 1.89. The molecule has 0 aliphatic carbocycles. The zero-order valence-corrected chi connectivity index (χ0v) is 20.0. The fraction of sp³-hybridized carbons (Fsp3) is 0.222. The van der Waals surface area contributed by atoms with E-state index >= 15 is 0 Å². The molecule has 3 aromatic carbocycles. The summed E-state index contributed by atoms with van der Waals surface area (Å²) in [6.45, 7) is 3.20. The Balaban J connectivity index is 1.41. The van der Waals surface area contributed by atoms with Gasteiger partial charge in [0, 0.05) is 52.7 Å². The number of hydrogen-bond acceptors (Lipinski definition) is 6. The van der Waals surface area contributed by atoms with E-state index < -0.39 is 6.10 Å². The number of anilines is 1. The third-order valence-corrected chi connectivity index (χ3v) is 7.02. The van der Waals surface area contributed by atoms with E-state index in [1.165, 1.54) is 0 Å². The zero-order valence-electron chi connectivity index (χ0n) is 19.2. The second-order valence-electron chi connectivity index (χ2n) is 8.71. The Morgan fingerprint density at radius 3 is 2.69 bits per heavy atom. The third-order valence-electron chi connectivity index (χ3n) is 6.68. The highest BCUT2D eigenvalue weighted by molar-refractivity contribution is 6.31. The molecule has 1 N–H and O–H groups in total. The lowest BCUT2D eigenvalue weighted by Crippen LogP contribution is -2.36. The molecule has 5 aromatic rings. The maximum Gasteiger partial charge on any atom is 0.116 e. The molecule has 1 saturated heterocycles. The molecule has 0 amide bonds. The van der Waals surface area contributed by atoms with Crippen molar-refractivity contribution in [1.82, 2.24) is 19.7 Å². The van der Waals surface area contributed by atoms with Crippen LogP contribution in [0, 0.1) is 0 Å². The van der Waals surface area contributed by atoms with Crippen LogP contribution in [0.15, 0.2) is 67.1 Å². The Labute approximate surface area is 207 Å². The molecule has 0 saturated carbocycles. The lowest BCUT2D eigenvalue weighted by Gasteiger charge is -2.29. The van der Waals surface area contributed by atoms with Crippen molar-refractivity contribution in [1.29, 1.82) is 0 Å². The van der Waals surface area contributed by atoms with Gasteiger partial charge in [0.15, 0.2) is 0 Å². The molecule has 7 nitrogen and oxygen atoms in total. The summed E-state index contributed by atoms with van der Waals surface area (Å²) in [6, 6.07) is 17.7. The van der Waals surface area contributed by atoms with Crippen LogP contribution in [0.2, 0.25) is 5.02 Å². The van der Waals surface area contributed by atoms with Crippen LogP contribution in [-0.2, 0) is 11.8 Å². The monoisotopic (exact) mass is 485 g/mol. The summed E-state index contributed by atoms with van der Waals surface area (Å²) in [4.78, 5) is 11.4. The van der Waals surface area contributed by atoms with Crippen molar-refractivity contribution in [2.75, 3.05) is 31.2 Å². The molecular weight excluding hydrogens is 462 g/mol. The summed E-state index contributed by atoms with van der Waals surface area (Å²) in [6.07, 6.45) is 2.45. The standard InChI is InChI=1S/C27H24ClN5O2/c1-32-25-4-2-3-19(22(25)15-31-32)27(34)21-13-17(5-8-23(21)28)26-20-7-6-18(14-24(20)29-16-30-26)33-9-11-35-12-10-33/h2-8,13-16,27,34H,9-12H2,1H3. The Bertz CT molecular complexity index is 1540. The van der Waals surface area contributed by atoms with Gasteiger partial charge in [-0.25, -0.2) is 9.97 Å². The van der Waals surface area contributed by atoms with Crippen LogP contribution in [0.3, 0.4) is 0 Å². The summed E-state index contributed by atoms with van der Waals surface area (Å²) in [5, 5.41) is 18.1. The third kappa shape index (κ3) is 3.91. The Morgan fingerprint density at radius 1 is 0.971 bits per heavy atom. The molecule has 0 spiro atoms. The van der Waals surface area contributed by atoms with Crippen molar-refractivity contribution in [3.63, 3.8) is 0 Å². The van der Waals surface area contributed by atoms with Gasteiger partial charge in [-0.15, -0.1) is 0 Å².